The molecule has 2 heterocycles. The molecule has 144 valence electrons. The van der Waals surface area contributed by atoms with Crippen molar-refractivity contribution in [2.24, 2.45) is 0 Å². The molecule has 1 aliphatic rings. The van der Waals surface area contributed by atoms with Crippen molar-refractivity contribution in [1.29, 1.82) is 0 Å². The van der Waals surface area contributed by atoms with E-state index in [9.17, 15) is 9.59 Å². The number of furan rings is 1. The maximum absolute atomic E-state index is 12.4. The van der Waals surface area contributed by atoms with Crippen LogP contribution in [-0.4, -0.2) is 54.3 Å². The molecule has 0 saturated carbocycles. The Morgan fingerprint density at radius 2 is 1.70 bits per heavy atom. The molecule has 6 nitrogen and oxygen atoms in total. The number of hydrogen-bond acceptors (Lipinski definition) is 4. The highest BCUT2D eigenvalue weighted by Gasteiger charge is 2.25. The van der Waals surface area contributed by atoms with Gasteiger partial charge in [-0.15, -0.1) is 0 Å². The zero-order chi connectivity index (χ0) is 19.6. The molecule has 3 rings (SSSR count). The third-order valence-corrected chi connectivity index (χ3v) is 5.06. The van der Waals surface area contributed by atoms with E-state index in [1.54, 1.807) is 24.0 Å². The maximum Gasteiger partial charge on any atom is 0.289 e. The molecule has 0 spiro atoms. The van der Waals surface area contributed by atoms with Gasteiger partial charge in [-0.25, -0.2) is 0 Å². The van der Waals surface area contributed by atoms with Crippen molar-refractivity contribution < 1.29 is 14.0 Å². The molecule has 1 N–H and O–H groups in total. The molecule has 2 amide bonds. The van der Waals surface area contributed by atoms with Crippen molar-refractivity contribution in [3.63, 3.8) is 0 Å². The minimum Gasteiger partial charge on any atom is -0.456 e. The number of amides is 2. The number of rotatable bonds is 4. The minimum absolute atomic E-state index is 0.132. The van der Waals surface area contributed by atoms with Crippen LogP contribution in [0.5, 0.6) is 0 Å². The van der Waals surface area contributed by atoms with Crippen molar-refractivity contribution in [2.75, 3.05) is 38.0 Å². The van der Waals surface area contributed by atoms with Gasteiger partial charge in [-0.3, -0.25) is 14.5 Å². The second-order valence-corrected chi connectivity index (χ2v) is 7.52. The monoisotopic (exact) mass is 429 g/mol. The number of benzene rings is 1. The molecule has 0 unspecified atom stereocenters. The van der Waals surface area contributed by atoms with Gasteiger partial charge in [0.1, 0.15) is 5.76 Å². The topological polar surface area (TPSA) is 65.8 Å². The Hall–Kier alpha value is -1.73. The summed E-state index contributed by atoms with van der Waals surface area (Å²) in [5, 5.41) is 3.68. The van der Waals surface area contributed by atoms with Crippen LogP contribution in [0.4, 0.5) is 5.69 Å². The fourth-order valence-electron chi connectivity index (χ4n) is 2.86. The average molecular weight is 431 g/mol. The number of carbonyl (C=O) groups is 2. The van der Waals surface area contributed by atoms with E-state index in [0.717, 1.165) is 0 Å². The fraction of sp³-hybridized carbons (Fsp3) is 0.333. The summed E-state index contributed by atoms with van der Waals surface area (Å²) in [4.78, 5) is 28.4. The van der Waals surface area contributed by atoms with Crippen LogP contribution in [0.2, 0.25) is 15.1 Å². The van der Waals surface area contributed by atoms with Gasteiger partial charge in [0.25, 0.3) is 5.91 Å². The summed E-state index contributed by atoms with van der Waals surface area (Å²) < 4.78 is 5.38. The molecule has 0 atom stereocenters. The molecule has 1 aliphatic heterocycles. The van der Waals surface area contributed by atoms with Crippen molar-refractivity contribution in [2.45, 2.75) is 6.92 Å². The molecule has 1 saturated heterocycles. The Bertz CT molecular complexity index is 838. The van der Waals surface area contributed by atoms with Gasteiger partial charge in [0.15, 0.2) is 5.76 Å². The number of nitrogens with zero attached hydrogens (tertiary/aromatic N) is 2. The van der Waals surface area contributed by atoms with E-state index >= 15 is 0 Å². The lowest BCUT2D eigenvalue weighted by atomic mass is 10.2. The molecule has 27 heavy (non-hydrogen) atoms. The number of nitrogens with one attached hydrogen (secondary N) is 1. The first-order valence-corrected chi connectivity index (χ1v) is 9.49. The van der Waals surface area contributed by atoms with E-state index in [1.807, 2.05) is 4.90 Å². The van der Waals surface area contributed by atoms with Crippen LogP contribution in [0, 0.1) is 6.92 Å². The molecule has 2 aromatic rings. The maximum atomic E-state index is 12.4. The largest absolute Gasteiger partial charge is 0.456 e. The number of carbonyl (C=O) groups excluding carboxylic acids is 2. The van der Waals surface area contributed by atoms with E-state index < -0.39 is 0 Å². The predicted molar refractivity (Wildman–Crippen MR) is 106 cm³/mol. The van der Waals surface area contributed by atoms with Crippen LogP contribution in [0.1, 0.15) is 16.3 Å². The third kappa shape index (κ3) is 4.96. The van der Waals surface area contributed by atoms with Crippen molar-refractivity contribution >= 4 is 52.3 Å². The van der Waals surface area contributed by atoms with Gasteiger partial charge in [-0.1, -0.05) is 34.8 Å². The lowest BCUT2D eigenvalue weighted by Crippen LogP contribution is -2.50. The highest BCUT2D eigenvalue weighted by atomic mass is 35.5. The SMILES string of the molecule is Cc1ccc(C(=O)N2CCN(CC(=O)Nc3c(Cl)cc(Cl)cc3Cl)CC2)o1. The Labute approximate surface area is 171 Å². The first kappa shape index (κ1) is 20.0. The van der Waals surface area contributed by atoms with E-state index in [4.69, 9.17) is 39.2 Å². The van der Waals surface area contributed by atoms with Gasteiger partial charge in [-0.2, -0.15) is 0 Å². The summed E-state index contributed by atoms with van der Waals surface area (Å²) in [6.45, 7) is 4.19. The van der Waals surface area contributed by atoms with Crippen molar-refractivity contribution in [3.05, 3.63) is 50.9 Å². The average Bonchev–Trinajstić information content (AvgIpc) is 3.04. The van der Waals surface area contributed by atoms with Gasteiger partial charge < -0.3 is 14.6 Å². The van der Waals surface area contributed by atoms with Crippen LogP contribution >= 0.6 is 34.8 Å². The number of piperazine rings is 1. The summed E-state index contributed by atoms with van der Waals surface area (Å²) in [5.41, 5.74) is 0.342. The number of aryl methyl sites for hydroxylation is 1. The molecule has 0 aliphatic carbocycles. The molecule has 0 bridgehead atoms. The Balaban J connectivity index is 1.52. The highest BCUT2D eigenvalue weighted by Crippen LogP contribution is 2.33. The third-order valence-electron chi connectivity index (χ3n) is 4.25. The summed E-state index contributed by atoms with van der Waals surface area (Å²) >= 11 is 18.0. The smallest absolute Gasteiger partial charge is 0.289 e. The van der Waals surface area contributed by atoms with Crippen LogP contribution in [0.3, 0.4) is 0 Å². The zero-order valence-corrected chi connectivity index (χ0v) is 16.9. The van der Waals surface area contributed by atoms with Crippen LogP contribution in [0.15, 0.2) is 28.7 Å². The van der Waals surface area contributed by atoms with Crippen molar-refractivity contribution in [3.8, 4) is 0 Å². The highest BCUT2D eigenvalue weighted by molar-refractivity contribution is 6.42. The quantitative estimate of drug-likeness (QED) is 0.798. The van der Waals surface area contributed by atoms with Crippen molar-refractivity contribution in [1.82, 2.24) is 9.80 Å². The fourth-order valence-corrected chi connectivity index (χ4v) is 3.77. The number of anilines is 1. The molecule has 0 radical (unpaired) electrons. The van der Waals surface area contributed by atoms with E-state index in [2.05, 4.69) is 5.32 Å². The first-order chi connectivity index (χ1) is 12.8. The summed E-state index contributed by atoms with van der Waals surface area (Å²) in [6, 6.07) is 6.48. The predicted octanol–water partition coefficient (Wildman–Crippen LogP) is 3.94. The molecule has 1 fully saturated rings. The Morgan fingerprint density at radius 3 is 2.26 bits per heavy atom. The number of halogens is 3. The van der Waals surface area contributed by atoms with E-state index in [1.165, 1.54) is 12.1 Å². The zero-order valence-electron chi connectivity index (χ0n) is 14.6. The lowest BCUT2D eigenvalue weighted by molar-refractivity contribution is -0.117. The van der Waals surface area contributed by atoms with Crippen LogP contribution in [-0.2, 0) is 4.79 Å². The normalized spacial score (nSPS) is 15.0. The Kier molecular flexibility index (Phi) is 6.32. The van der Waals surface area contributed by atoms with E-state index in [-0.39, 0.29) is 28.4 Å². The van der Waals surface area contributed by atoms with Gasteiger partial charge in [0.2, 0.25) is 5.91 Å². The Morgan fingerprint density at radius 1 is 1.07 bits per heavy atom. The van der Waals surface area contributed by atoms with Gasteiger partial charge in [0.05, 0.1) is 22.3 Å². The first-order valence-electron chi connectivity index (χ1n) is 8.36. The molecular formula is C18H18Cl3N3O3. The minimum atomic E-state index is -0.234. The summed E-state index contributed by atoms with van der Waals surface area (Å²) in [6.07, 6.45) is 0. The van der Waals surface area contributed by atoms with Crippen LogP contribution < -0.4 is 5.32 Å². The number of hydrogen-bond donors (Lipinski definition) is 1. The molecular weight excluding hydrogens is 413 g/mol. The van der Waals surface area contributed by atoms with E-state index in [0.29, 0.717) is 48.4 Å². The lowest BCUT2D eigenvalue weighted by Gasteiger charge is -2.33. The summed E-state index contributed by atoms with van der Waals surface area (Å²) in [7, 11) is 0. The molecule has 1 aromatic heterocycles. The van der Waals surface area contributed by atoms with Gasteiger partial charge in [0, 0.05) is 31.2 Å². The molecule has 9 heteroatoms. The standard InChI is InChI=1S/C18H18Cl3N3O3/c1-11-2-3-15(27-11)18(26)24-6-4-23(5-7-24)10-16(25)22-17-13(20)8-12(19)9-14(17)21/h2-3,8-9H,4-7,10H2,1H3,(H,22,25). The second kappa shape index (κ2) is 8.52. The summed E-state index contributed by atoms with van der Waals surface area (Å²) in [5.74, 6) is 0.674. The van der Waals surface area contributed by atoms with Gasteiger partial charge in [-0.05, 0) is 31.2 Å². The molecule has 1 aromatic carbocycles. The second-order valence-electron chi connectivity index (χ2n) is 6.27. The van der Waals surface area contributed by atoms with Gasteiger partial charge >= 0.3 is 0 Å². The van der Waals surface area contributed by atoms with Crippen LogP contribution in [0.25, 0.3) is 0 Å².